The van der Waals surface area contributed by atoms with Crippen molar-refractivity contribution in [3.05, 3.63) is 21.9 Å². The molecule has 1 atom stereocenters. The fraction of sp³-hybridized carbons (Fsp3) is 0.538. The molecule has 0 aromatic carbocycles. The van der Waals surface area contributed by atoms with Crippen LogP contribution in [0.25, 0.3) is 0 Å². The standard InChI is InChI=1S/C13H18N2S2/c1-15(11-6-8-16-10-11)9-13-5-4-12(17-13)3-2-7-14/h4-5,11H,6-10,14H2,1H3. The van der Waals surface area contributed by atoms with E-state index in [1.54, 1.807) is 11.3 Å². The maximum atomic E-state index is 5.37. The normalized spacial score (nSPS) is 19.4. The number of nitrogens with two attached hydrogens (primary N) is 1. The van der Waals surface area contributed by atoms with E-state index in [-0.39, 0.29) is 0 Å². The Balaban J connectivity index is 1.91. The fourth-order valence-electron chi connectivity index (χ4n) is 1.91. The first-order chi connectivity index (χ1) is 8.29. The molecule has 2 rings (SSSR count). The topological polar surface area (TPSA) is 29.3 Å². The Morgan fingerprint density at radius 2 is 2.41 bits per heavy atom. The van der Waals surface area contributed by atoms with Crippen LogP contribution in [0.1, 0.15) is 16.2 Å². The predicted molar refractivity (Wildman–Crippen MR) is 77.4 cm³/mol. The average molecular weight is 266 g/mol. The molecule has 0 aliphatic carbocycles. The second-order valence-corrected chi connectivity index (χ2v) is 6.52. The monoisotopic (exact) mass is 266 g/mol. The van der Waals surface area contributed by atoms with Gasteiger partial charge in [-0.15, -0.1) is 11.3 Å². The van der Waals surface area contributed by atoms with Gasteiger partial charge in [-0.3, -0.25) is 4.90 Å². The second kappa shape index (κ2) is 6.46. The second-order valence-electron chi connectivity index (χ2n) is 4.20. The van der Waals surface area contributed by atoms with Gasteiger partial charge in [-0.05, 0) is 31.4 Å². The molecule has 1 unspecified atom stereocenters. The van der Waals surface area contributed by atoms with Gasteiger partial charge in [-0.1, -0.05) is 11.8 Å². The molecule has 2 nitrogen and oxygen atoms in total. The summed E-state index contributed by atoms with van der Waals surface area (Å²) >= 11 is 3.85. The number of thioether (sulfide) groups is 1. The number of thiophene rings is 1. The fourth-order valence-corrected chi connectivity index (χ4v) is 4.16. The molecule has 0 bridgehead atoms. The highest BCUT2D eigenvalue weighted by molar-refractivity contribution is 7.99. The number of hydrogen-bond donors (Lipinski definition) is 1. The minimum Gasteiger partial charge on any atom is -0.320 e. The lowest BCUT2D eigenvalue weighted by atomic mass is 10.2. The van der Waals surface area contributed by atoms with Crippen molar-refractivity contribution in [3.63, 3.8) is 0 Å². The van der Waals surface area contributed by atoms with E-state index in [9.17, 15) is 0 Å². The SMILES string of the molecule is CN(Cc1ccc(C#CCN)s1)C1CCSC1. The first-order valence-corrected chi connectivity index (χ1v) is 7.82. The third-order valence-corrected chi connectivity index (χ3v) is 5.04. The van der Waals surface area contributed by atoms with Gasteiger partial charge >= 0.3 is 0 Å². The zero-order valence-electron chi connectivity index (χ0n) is 10.1. The van der Waals surface area contributed by atoms with E-state index >= 15 is 0 Å². The van der Waals surface area contributed by atoms with Crippen molar-refractivity contribution < 1.29 is 0 Å². The molecule has 17 heavy (non-hydrogen) atoms. The van der Waals surface area contributed by atoms with Gasteiger partial charge in [0.25, 0.3) is 0 Å². The Hall–Kier alpha value is -0.470. The lowest BCUT2D eigenvalue weighted by Gasteiger charge is -2.22. The highest BCUT2D eigenvalue weighted by Gasteiger charge is 2.20. The minimum absolute atomic E-state index is 0.437. The molecule has 4 heteroatoms. The van der Waals surface area contributed by atoms with Crippen molar-refractivity contribution in [3.8, 4) is 11.8 Å². The minimum atomic E-state index is 0.437. The van der Waals surface area contributed by atoms with Gasteiger partial charge in [0.05, 0.1) is 11.4 Å². The Morgan fingerprint density at radius 1 is 1.53 bits per heavy atom. The molecule has 2 N–H and O–H groups in total. The summed E-state index contributed by atoms with van der Waals surface area (Å²) < 4.78 is 0. The highest BCUT2D eigenvalue weighted by atomic mass is 32.2. The molecule has 1 aliphatic heterocycles. The molecule has 0 amide bonds. The lowest BCUT2D eigenvalue weighted by Crippen LogP contribution is -2.30. The highest BCUT2D eigenvalue weighted by Crippen LogP contribution is 2.24. The van der Waals surface area contributed by atoms with Crippen molar-refractivity contribution >= 4 is 23.1 Å². The van der Waals surface area contributed by atoms with Crippen molar-refractivity contribution in [2.75, 3.05) is 25.1 Å². The largest absolute Gasteiger partial charge is 0.320 e. The maximum absolute atomic E-state index is 5.37. The summed E-state index contributed by atoms with van der Waals surface area (Å²) in [6.07, 6.45) is 1.33. The van der Waals surface area contributed by atoms with Gasteiger partial charge in [-0.25, -0.2) is 0 Å². The predicted octanol–water partition coefficient (Wildman–Crippen LogP) is 2.00. The van der Waals surface area contributed by atoms with E-state index in [4.69, 9.17) is 5.73 Å². The average Bonchev–Trinajstić information content (AvgIpc) is 2.97. The summed E-state index contributed by atoms with van der Waals surface area (Å²) in [4.78, 5) is 4.98. The maximum Gasteiger partial charge on any atom is 0.0772 e. The molecular formula is C13H18N2S2. The van der Waals surface area contributed by atoms with Gasteiger partial charge in [-0.2, -0.15) is 11.8 Å². The van der Waals surface area contributed by atoms with Crippen LogP contribution in [-0.2, 0) is 6.54 Å². The van der Waals surface area contributed by atoms with E-state index in [1.165, 1.54) is 22.8 Å². The van der Waals surface area contributed by atoms with Gasteiger partial charge in [0, 0.05) is 23.2 Å². The molecule has 2 heterocycles. The van der Waals surface area contributed by atoms with Crippen LogP contribution in [0.3, 0.4) is 0 Å². The quantitative estimate of drug-likeness (QED) is 0.849. The Labute approximate surface area is 112 Å². The van der Waals surface area contributed by atoms with Crippen LogP contribution in [0, 0.1) is 11.8 Å². The first kappa shape index (κ1) is 13.0. The van der Waals surface area contributed by atoms with Crippen LogP contribution < -0.4 is 5.73 Å². The van der Waals surface area contributed by atoms with Crippen LogP contribution in [0.4, 0.5) is 0 Å². The molecule has 1 aromatic rings. The first-order valence-electron chi connectivity index (χ1n) is 5.85. The zero-order chi connectivity index (χ0) is 12.1. The summed E-state index contributed by atoms with van der Waals surface area (Å²) in [5.74, 6) is 8.58. The lowest BCUT2D eigenvalue weighted by molar-refractivity contribution is 0.256. The van der Waals surface area contributed by atoms with Crippen molar-refractivity contribution in [1.29, 1.82) is 0 Å². The Bertz CT molecular complexity index is 411. The van der Waals surface area contributed by atoms with E-state index in [0.29, 0.717) is 6.54 Å². The molecular weight excluding hydrogens is 248 g/mol. The molecule has 1 fully saturated rings. The summed E-state index contributed by atoms with van der Waals surface area (Å²) in [7, 11) is 2.22. The zero-order valence-corrected chi connectivity index (χ0v) is 11.7. The third-order valence-electron chi connectivity index (χ3n) is 2.91. The smallest absolute Gasteiger partial charge is 0.0772 e. The van der Waals surface area contributed by atoms with Gasteiger partial charge in [0.15, 0.2) is 0 Å². The summed E-state index contributed by atoms with van der Waals surface area (Å²) in [5, 5.41) is 0. The Kier molecular flexibility index (Phi) is 4.93. The van der Waals surface area contributed by atoms with Gasteiger partial charge in [0.1, 0.15) is 0 Å². The van der Waals surface area contributed by atoms with Crippen molar-refractivity contribution in [1.82, 2.24) is 4.90 Å². The molecule has 0 spiro atoms. The number of hydrogen-bond acceptors (Lipinski definition) is 4. The van der Waals surface area contributed by atoms with Crippen LogP contribution in [-0.4, -0.2) is 36.0 Å². The number of rotatable bonds is 3. The van der Waals surface area contributed by atoms with E-state index in [0.717, 1.165) is 17.5 Å². The Morgan fingerprint density at radius 3 is 3.12 bits per heavy atom. The molecule has 92 valence electrons. The molecule has 0 saturated carbocycles. The van der Waals surface area contributed by atoms with E-state index in [1.807, 2.05) is 0 Å². The van der Waals surface area contributed by atoms with Crippen molar-refractivity contribution in [2.24, 2.45) is 5.73 Å². The van der Waals surface area contributed by atoms with Crippen LogP contribution >= 0.6 is 23.1 Å². The van der Waals surface area contributed by atoms with Crippen LogP contribution in [0.5, 0.6) is 0 Å². The van der Waals surface area contributed by atoms with Crippen LogP contribution in [0.15, 0.2) is 12.1 Å². The molecule has 1 aromatic heterocycles. The van der Waals surface area contributed by atoms with Gasteiger partial charge < -0.3 is 5.73 Å². The number of nitrogens with zero attached hydrogens (tertiary/aromatic N) is 1. The molecule has 1 saturated heterocycles. The third kappa shape index (κ3) is 3.75. The summed E-state index contributed by atoms with van der Waals surface area (Å²) in [6, 6.07) is 5.03. The summed E-state index contributed by atoms with van der Waals surface area (Å²) in [5.41, 5.74) is 5.37. The van der Waals surface area contributed by atoms with Gasteiger partial charge in [0.2, 0.25) is 0 Å². The molecule has 1 aliphatic rings. The molecule has 0 radical (unpaired) electrons. The van der Waals surface area contributed by atoms with E-state index < -0.39 is 0 Å². The van der Waals surface area contributed by atoms with E-state index in [2.05, 4.69) is 47.7 Å². The van der Waals surface area contributed by atoms with Crippen LogP contribution in [0.2, 0.25) is 0 Å². The summed E-state index contributed by atoms with van der Waals surface area (Å²) in [6.45, 7) is 1.48. The van der Waals surface area contributed by atoms with Crippen molar-refractivity contribution in [2.45, 2.75) is 19.0 Å².